The molecule has 7 heteroatoms. The van der Waals surface area contributed by atoms with Crippen molar-refractivity contribution in [3.8, 4) is 5.75 Å². The summed E-state index contributed by atoms with van der Waals surface area (Å²) in [4.78, 5) is 35.9. The number of carbonyl (C=O) groups excluding carboxylic acids is 2. The van der Waals surface area contributed by atoms with Crippen molar-refractivity contribution in [3.05, 3.63) is 59.9 Å². The highest BCUT2D eigenvalue weighted by molar-refractivity contribution is 5.81. The SMILES string of the molecule is COc1ccc(C[C@@]2(CCC(=O)N3CCCC[C@H]3c3nc4ccccc4[nH]3)CCC(=O)N2)cc1. The first-order valence-corrected chi connectivity index (χ1v) is 12.2. The summed E-state index contributed by atoms with van der Waals surface area (Å²) >= 11 is 0. The second-order valence-corrected chi connectivity index (χ2v) is 9.59. The largest absolute Gasteiger partial charge is 0.497 e. The highest BCUT2D eigenvalue weighted by atomic mass is 16.5. The van der Waals surface area contributed by atoms with E-state index in [1.54, 1.807) is 7.11 Å². The molecule has 2 aliphatic rings. The number of amides is 2. The Morgan fingerprint density at radius 3 is 2.74 bits per heavy atom. The maximum Gasteiger partial charge on any atom is 0.223 e. The summed E-state index contributed by atoms with van der Waals surface area (Å²) in [6.45, 7) is 0.748. The summed E-state index contributed by atoms with van der Waals surface area (Å²) < 4.78 is 5.27. The standard InChI is InChI=1S/C27H32N4O3/c1-34-20-11-9-19(10-12-20)18-27(15-13-24(32)30-27)16-14-25(33)31-17-5-4-8-23(31)26-28-21-6-2-3-7-22(21)29-26/h2-3,6-7,9-12,23H,4-5,8,13-18H2,1H3,(H,28,29)(H,30,32)/t23-,27-/m0/s1. The van der Waals surface area contributed by atoms with E-state index >= 15 is 0 Å². The first-order valence-electron chi connectivity index (χ1n) is 12.2. The lowest BCUT2D eigenvalue weighted by Gasteiger charge is -2.36. The molecular formula is C27H32N4O3. The number of aromatic nitrogens is 2. The summed E-state index contributed by atoms with van der Waals surface area (Å²) in [5.41, 5.74) is 2.69. The van der Waals surface area contributed by atoms with Crippen molar-refractivity contribution >= 4 is 22.8 Å². The number of hydrogen-bond donors (Lipinski definition) is 2. The predicted molar refractivity (Wildman–Crippen MR) is 130 cm³/mol. The van der Waals surface area contributed by atoms with Crippen LogP contribution >= 0.6 is 0 Å². The summed E-state index contributed by atoms with van der Waals surface area (Å²) in [5, 5.41) is 3.20. The molecule has 0 bridgehead atoms. The Hall–Kier alpha value is -3.35. The van der Waals surface area contributed by atoms with Gasteiger partial charge >= 0.3 is 0 Å². The van der Waals surface area contributed by atoms with Crippen LogP contribution < -0.4 is 10.1 Å². The van der Waals surface area contributed by atoms with Gasteiger partial charge in [-0.1, -0.05) is 24.3 Å². The van der Waals surface area contributed by atoms with Gasteiger partial charge in [0.25, 0.3) is 0 Å². The van der Waals surface area contributed by atoms with Crippen molar-refractivity contribution in [2.75, 3.05) is 13.7 Å². The second kappa shape index (κ2) is 9.49. The van der Waals surface area contributed by atoms with Crippen LogP contribution in [-0.4, -0.2) is 45.9 Å². The normalized spacial score (nSPS) is 22.7. The number of H-pyrrole nitrogens is 1. The highest BCUT2D eigenvalue weighted by Crippen LogP contribution is 2.34. The minimum absolute atomic E-state index is 0.0237. The van der Waals surface area contributed by atoms with E-state index in [0.29, 0.717) is 25.7 Å². The Bertz CT molecular complexity index is 1140. The molecule has 2 saturated heterocycles. The number of nitrogens with one attached hydrogen (secondary N) is 2. The number of methoxy groups -OCH3 is 1. The molecule has 34 heavy (non-hydrogen) atoms. The van der Waals surface area contributed by atoms with Crippen molar-refractivity contribution in [2.45, 2.75) is 62.9 Å². The molecule has 3 aromatic rings. The number of benzene rings is 2. The van der Waals surface area contributed by atoms with Gasteiger partial charge in [0.1, 0.15) is 11.6 Å². The molecule has 0 aliphatic carbocycles. The molecule has 0 spiro atoms. The Balaban J connectivity index is 1.30. The van der Waals surface area contributed by atoms with E-state index in [4.69, 9.17) is 9.72 Å². The van der Waals surface area contributed by atoms with Gasteiger partial charge in [0, 0.05) is 24.9 Å². The molecule has 2 aromatic carbocycles. The summed E-state index contributed by atoms with van der Waals surface area (Å²) in [6, 6.07) is 15.9. The van der Waals surface area contributed by atoms with Crippen molar-refractivity contribution in [2.24, 2.45) is 0 Å². The molecule has 3 heterocycles. The minimum atomic E-state index is -0.383. The third-order valence-electron chi connectivity index (χ3n) is 7.30. The zero-order chi connectivity index (χ0) is 23.5. The molecule has 2 amide bonds. The first kappa shape index (κ1) is 22.4. The van der Waals surface area contributed by atoms with Gasteiger partial charge in [-0.05, 0) is 68.4 Å². The second-order valence-electron chi connectivity index (χ2n) is 9.59. The smallest absolute Gasteiger partial charge is 0.223 e. The average molecular weight is 461 g/mol. The van der Waals surface area contributed by atoms with Crippen LogP contribution in [0.4, 0.5) is 0 Å². The lowest BCUT2D eigenvalue weighted by atomic mass is 9.84. The molecule has 5 rings (SSSR count). The fourth-order valence-corrected chi connectivity index (χ4v) is 5.45. The number of likely N-dealkylation sites (tertiary alicyclic amines) is 1. The third kappa shape index (κ3) is 4.65. The molecule has 7 nitrogen and oxygen atoms in total. The molecular weight excluding hydrogens is 428 g/mol. The van der Waals surface area contributed by atoms with Crippen molar-refractivity contribution in [1.82, 2.24) is 20.2 Å². The zero-order valence-corrected chi connectivity index (χ0v) is 19.7. The lowest BCUT2D eigenvalue weighted by Crippen LogP contribution is -2.45. The molecule has 2 aliphatic heterocycles. The predicted octanol–water partition coefficient (Wildman–Crippen LogP) is 4.30. The van der Waals surface area contributed by atoms with Gasteiger partial charge in [-0.25, -0.2) is 4.98 Å². The summed E-state index contributed by atoms with van der Waals surface area (Å²) in [6.07, 6.45) is 6.02. The van der Waals surface area contributed by atoms with Crippen molar-refractivity contribution in [3.63, 3.8) is 0 Å². The molecule has 2 N–H and O–H groups in total. The fourth-order valence-electron chi connectivity index (χ4n) is 5.45. The van der Waals surface area contributed by atoms with E-state index in [2.05, 4.69) is 10.3 Å². The Morgan fingerprint density at radius 1 is 1.18 bits per heavy atom. The minimum Gasteiger partial charge on any atom is -0.497 e. The fraction of sp³-hybridized carbons (Fsp3) is 0.444. The van der Waals surface area contributed by atoms with Crippen LogP contribution in [0.15, 0.2) is 48.5 Å². The van der Waals surface area contributed by atoms with E-state index in [1.807, 2.05) is 53.4 Å². The van der Waals surface area contributed by atoms with E-state index in [9.17, 15) is 9.59 Å². The van der Waals surface area contributed by atoms with Crippen LogP contribution in [0.3, 0.4) is 0 Å². The van der Waals surface area contributed by atoms with Crippen LogP contribution in [0.25, 0.3) is 11.0 Å². The topological polar surface area (TPSA) is 87.3 Å². The Morgan fingerprint density at radius 2 is 2.00 bits per heavy atom. The summed E-state index contributed by atoms with van der Waals surface area (Å²) in [5.74, 6) is 1.89. The quantitative estimate of drug-likeness (QED) is 0.550. The number of para-hydroxylation sites is 2. The van der Waals surface area contributed by atoms with Gasteiger partial charge < -0.3 is 19.9 Å². The zero-order valence-electron chi connectivity index (χ0n) is 19.7. The third-order valence-corrected chi connectivity index (χ3v) is 7.30. The van der Waals surface area contributed by atoms with Crippen LogP contribution in [0.2, 0.25) is 0 Å². The van der Waals surface area contributed by atoms with Gasteiger partial charge in [0.2, 0.25) is 11.8 Å². The molecule has 1 aromatic heterocycles. The van der Waals surface area contributed by atoms with Crippen LogP contribution in [0.5, 0.6) is 5.75 Å². The van der Waals surface area contributed by atoms with Gasteiger partial charge in [0.05, 0.1) is 24.2 Å². The number of fused-ring (bicyclic) bond motifs is 1. The first-order chi connectivity index (χ1) is 16.5. The number of nitrogens with zero attached hydrogens (tertiary/aromatic N) is 2. The summed E-state index contributed by atoms with van der Waals surface area (Å²) in [7, 11) is 1.65. The number of aromatic amines is 1. The van der Waals surface area contributed by atoms with Gasteiger partial charge in [-0.3, -0.25) is 9.59 Å². The Kier molecular flexibility index (Phi) is 6.26. The van der Waals surface area contributed by atoms with E-state index < -0.39 is 0 Å². The van der Waals surface area contributed by atoms with Gasteiger partial charge in [0.15, 0.2) is 0 Å². The number of ether oxygens (including phenoxy) is 1. The van der Waals surface area contributed by atoms with Crippen molar-refractivity contribution < 1.29 is 14.3 Å². The molecule has 2 atom stereocenters. The highest BCUT2D eigenvalue weighted by Gasteiger charge is 2.39. The molecule has 0 radical (unpaired) electrons. The maximum absolute atomic E-state index is 13.5. The lowest BCUT2D eigenvalue weighted by molar-refractivity contribution is -0.136. The number of hydrogen-bond acceptors (Lipinski definition) is 4. The monoisotopic (exact) mass is 460 g/mol. The van der Waals surface area contributed by atoms with E-state index in [1.165, 1.54) is 0 Å². The van der Waals surface area contributed by atoms with Crippen LogP contribution in [0.1, 0.15) is 62.4 Å². The Labute approximate surface area is 199 Å². The molecule has 178 valence electrons. The number of piperidine rings is 1. The molecule has 2 fully saturated rings. The van der Waals surface area contributed by atoms with E-state index in [-0.39, 0.29) is 23.4 Å². The number of imidazole rings is 1. The number of carbonyl (C=O) groups is 2. The van der Waals surface area contributed by atoms with Crippen LogP contribution in [0, 0.1) is 0 Å². The molecule has 0 unspecified atom stereocenters. The maximum atomic E-state index is 13.5. The van der Waals surface area contributed by atoms with Gasteiger partial charge in [-0.15, -0.1) is 0 Å². The van der Waals surface area contributed by atoms with E-state index in [0.717, 1.165) is 60.4 Å². The number of rotatable bonds is 7. The molecule has 0 saturated carbocycles. The van der Waals surface area contributed by atoms with Crippen molar-refractivity contribution in [1.29, 1.82) is 0 Å². The van der Waals surface area contributed by atoms with Gasteiger partial charge in [-0.2, -0.15) is 0 Å². The average Bonchev–Trinajstić information content (AvgIpc) is 3.46. The van der Waals surface area contributed by atoms with Crippen LogP contribution in [-0.2, 0) is 16.0 Å².